The Morgan fingerprint density at radius 3 is 1.47 bits per heavy atom. The van der Waals surface area contributed by atoms with Crippen LogP contribution in [0.3, 0.4) is 0 Å². The molecule has 0 unspecified atom stereocenters. The molecule has 0 amide bonds. The fourth-order valence-corrected chi connectivity index (χ4v) is 6.09. The summed E-state index contributed by atoms with van der Waals surface area (Å²) >= 11 is 0. The van der Waals surface area contributed by atoms with Crippen molar-refractivity contribution >= 4 is 66.8 Å². The van der Waals surface area contributed by atoms with Gasteiger partial charge in [-0.05, 0) is 83.6 Å². The van der Waals surface area contributed by atoms with Crippen LogP contribution in [0.2, 0.25) is 0 Å². The number of furan rings is 1. The molecule has 1 aromatic heterocycles. The van der Waals surface area contributed by atoms with Crippen LogP contribution in [0.4, 0.5) is 34.1 Å². The number of benzene rings is 7. The number of nitrogens with zero attached hydrogens (tertiary/aromatic N) is 2. The van der Waals surface area contributed by atoms with Gasteiger partial charge in [0.05, 0.1) is 5.69 Å². The molecule has 8 aromatic rings. The van der Waals surface area contributed by atoms with Crippen LogP contribution in [0, 0.1) is 0 Å². The highest BCUT2D eigenvalue weighted by molar-refractivity contribution is 6.20. The molecule has 7 aromatic carbocycles. The lowest BCUT2D eigenvalue weighted by atomic mass is 10.0. The molecule has 3 heteroatoms. The Kier molecular flexibility index (Phi) is 6.12. The third kappa shape index (κ3) is 4.39. The smallest absolute Gasteiger partial charge is 0.159 e. The Labute approximate surface area is 250 Å². The first kappa shape index (κ1) is 25.0. The van der Waals surface area contributed by atoms with Gasteiger partial charge >= 0.3 is 0 Å². The number of rotatable bonds is 6. The maximum Gasteiger partial charge on any atom is 0.159 e. The van der Waals surface area contributed by atoms with Crippen molar-refractivity contribution in [2.75, 3.05) is 9.80 Å². The quantitative estimate of drug-likeness (QED) is 0.205. The molecular formula is C40H28N2O. The molecule has 8 rings (SSSR count). The SMILES string of the molecule is c1ccc(N(c2ccccc2)c2ccc(N(c3ccccc3)c3cccc4c3oc3ccc5ccccc5c34)cc2)cc1. The normalized spacial score (nSPS) is 11.3. The Bertz CT molecular complexity index is 2130. The lowest BCUT2D eigenvalue weighted by Gasteiger charge is -2.28. The highest BCUT2D eigenvalue weighted by Gasteiger charge is 2.21. The monoisotopic (exact) mass is 552 g/mol. The largest absolute Gasteiger partial charge is 0.454 e. The summed E-state index contributed by atoms with van der Waals surface area (Å²) in [6.07, 6.45) is 0. The summed E-state index contributed by atoms with van der Waals surface area (Å²) in [6, 6.07) is 59.4. The van der Waals surface area contributed by atoms with Crippen LogP contribution in [0.15, 0.2) is 174 Å². The second-order valence-electron chi connectivity index (χ2n) is 10.6. The molecule has 3 nitrogen and oxygen atoms in total. The van der Waals surface area contributed by atoms with E-state index in [4.69, 9.17) is 4.42 Å². The van der Waals surface area contributed by atoms with Gasteiger partial charge in [0, 0.05) is 39.2 Å². The fraction of sp³-hybridized carbons (Fsp3) is 0. The predicted octanol–water partition coefficient (Wildman–Crippen LogP) is 11.7. The Morgan fingerprint density at radius 1 is 0.349 bits per heavy atom. The molecule has 0 saturated carbocycles. The highest BCUT2D eigenvalue weighted by atomic mass is 16.3. The minimum absolute atomic E-state index is 0.872. The lowest BCUT2D eigenvalue weighted by molar-refractivity contribution is 0.669. The summed E-state index contributed by atoms with van der Waals surface area (Å²) in [6.45, 7) is 0. The summed E-state index contributed by atoms with van der Waals surface area (Å²) in [4.78, 5) is 4.56. The molecule has 0 bridgehead atoms. The maximum atomic E-state index is 6.64. The van der Waals surface area contributed by atoms with E-state index in [0.29, 0.717) is 0 Å². The van der Waals surface area contributed by atoms with Crippen LogP contribution in [0.5, 0.6) is 0 Å². The van der Waals surface area contributed by atoms with Gasteiger partial charge < -0.3 is 14.2 Å². The minimum Gasteiger partial charge on any atom is -0.454 e. The van der Waals surface area contributed by atoms with Crippen LogP contribution < -0.4 is 9.80 Å². The van der Waals surface area contributed by atoms with Crippen molar-refractivity contribution in [2.24, 2.45) is 0 Å². The first-order valence-corrected chi connectivity index (χ1v) is 14.5. The molecule has 43 heavy (non-hydrogen) atoms. The van der Waals surface area contributed by atoms with Gasteiger partial charge in [-0.1, -0.05) is 97.1 Å². The molecular weight excluding hydrogens is 524 g/mol. The molecule has 0 spiro atoms. The molecule has 0 saturated heterocycles. The van der Waals surface area contributed by atoms with Gasteiger partial charge in [0.1, 0.15) is 5.58 Å². The molecule has 1 heterocycles. The van der Waals surface area contributed by atoms with Gasteiger partial charge in [-0.25, -0.2) is 0 Å². The van der Waals surface area contributed by atoms with Crippen LogP contribution in [0.1, 0.15) is 0 Å². The average molecular weight is 553 g/mol. The Morgan fingerprint density at radius 2 is 0.837 bits per heavy atom. The van der Waals surface area contributed by atoms with E-state index in [1.165, 1.54) is 10.8 Å². The predicted molar refractivity (Wildman–Crippen MR) is 181 cm³/mol. The van der Waals surface area contributed by atoms with Crippen molar-refractivity contribution in [3.05, 3.63) is 170 Å². The summed E-state index contributed by atoms with van der Waals surface area (Å²) in [7, 11) is 0. The summed E-state index contributed by atoms with van der Waals surface area (Å²) in [5.41, 5.74) is 8.19. The van der Waals surface area contributed by atoms with Gasteiger partial charge in [-0.3, -0.25) is 0 Å². The Balaban J connectivity index is 1.29. The summed E-state index contributed by atoms with van der Waals surface area (Å²) in [5, 5.41) is 4.68. The number of anilines is 6. The van der Waals surface area contributed by atoms with Crippen molar-refractivity contribution in [2.45, 2.75) is 0 Å². The minimum atomic E-state index is 0.872. The molecule has 0 aliphatic heterocycles. The van der Waals surface area contributed by atoms with Crippen molar-refractivity contribution < 1.29 is 4.42 Å². The second kappa shape index (κ2) is 10.6. The molecule has 0 aliphatic rings. The first-order valence-electron chi connectivity index (χ1n) is 14.5. The molecule has 0 aliphatic carbocycles. The van der Waals surface area contributed by atoms with Crippen molar-refractivity contribution in [3.8, 4) is 0 Å². The zero-order valence-corrected chi connectivity index (χ0v) is 23.5. The molecule has 0 atom stereocenters. The van der Waals surface area contributed by atoms with E-state index < -0.39 is 0 Å². The van der Waals surface area contributed by atoms with Gasteiger partial charge in [0.2, 0.25) is 0 Å². The topological polar surface area (TPSA) is 19.6 Å². The van der Waals surface area contributed by atoms with Crippen molar-refractivity contribution in [1.82, 2.24) is 0 Å². The standard InChI is InChI=1S/C40H28N2O/c1-4-14-30(15-5-1)41(31-16-6-2-7-17-31)33-24-26-34(27-25-33)42(32-18-8-3-9-19-32)37-22-12-21-36-39-35-20-11-10-13-29(35)23-28-38(39)43-40(36)37/h1-28H. The molecule has 0 N–H and O–H groups in total. The van der Waals surface area contributed by atoms with E-state index in [-0.39, 0.29) is 0 Å². The fourth-order valence-electron chi connectivity index (χ4n) is 6.09. The van der Waals surface area contributed by atoms with Crippen LogP contribution in [-0.2, 0) is 0 Å². The lowest BCUT2D eigenvalue weighted by Crippen LogP contribution is -2.12. The zero-order chi connectivity index (χ0) is 28.6. The Hall–Kier alpha value is -5.80. The molecule has 0 radical (unpaired) electrons. The van der Waals surface area contributed by atoms with Crippen LogP contribution in [-0.4, -0.2) is 0 Å². The van der Waals surface area contributed by atoms with Gasteiger partial charge in [-0.2, -0.15) is 0 Å². The van der Waals surface area contributed by atoms with E-state index in [2.05, 4.69) is 180 Å². The van der Waals surface area contributed by atoms with E-state index >= 15 is 0 Å². The van der Waals surface area contributed by atoms with E-state index in [9.17, 15) is 0 Å². The molecule has 204 valence electrons. The third-order valence-corrected chi connectivity index (χ3v) is 8.02. The first-order chi connectivity index (χ1) is 21.3. The van der Waals surface area contributed by atoms with Gasteiger partial charge in [0.25, 0.3) is 0 Å². The molecule has 0 fully saturated rings. The number of hydrogen-bond donors (Lipinski definition) is 0. The van der Waals surface area contributed by atoms with Crippen LogP contribution >= 0.6 is 0 Å². The third-order valence-electron chi connectivity index (χ3n) is 8.02. The van der Waals surface area contributed by atoms with Gasteiger partial charge in [0.15, 0.2) is 5.58 Å². The number of fused-ring (bicyclic) bond motifs is 5. The van der Waals surface area contributed by atoms with Crippen molar-refractivity contribution in [1.29, 1.82) is 0 Å². The summed E-state index contributed by atoms with van der Waals surface area (Å²) < 4.78 is 6.64. The van der Waals surface area contributed by atoms with Crippen LogP contribution in [0.25, 0.3) is 32.7 Å². The number of para-hydroxylation sites is 4. The average Bonchev–Trinajstić information content (AvgIpc) is 3.47. The summed E-state index contributed by atoms with van der Waals surface area (Å²) in [5.74, 6) is 0. The second-order valence-corrected chi connectivity index (χ2v) is 10.6. The maximum absolute atomic E-state index is 6.64. The van der Waals surface area contributed by atoms with Crippen molar-refractivity contribution in [3.63, 3.8) is 0 Å². The van der Waals surface area contributed by atoms with E-state index in [0.717, 1.165) is 56.1 Å². The number of hydrogen-bond acceptors (Lipinski definition) is 3. The van der Waals surface area contributed by atoms with E-state index in [1.54, 1.807) is 0 Å². The zero-order valence-electron chi connectivity index (χ0n) is 23.5. The van der Waals surface area contributed by atoms with Gasteiger partial charge in [-0.15, -0.1) is 0 Å². The van der Waals surface area contributed by atoms with E-state index in [1.807, 2.05) is 0 Å². The highest BCUT2D eigenvalue weighted by Crippen LogP contribution is 2.44.